The average Bonchev–Trinajstić information content (AvgIpc) is 2.85. The molecule has 0 unspecified atom stereocenters. The highest BCUT2D eigenvalue weighted by atomic mass is 79.9. The molecule has 1 saturated heterocycles. The first-order chi connectivity index (χ1) is 11.5. The second-order valence-corrected chi connectivity index (χ2v) is 7.47. The Morgan fingerprint density at radius 1 is 1.12 bits per heavy atom. The molecule has 0 aromatic heterocycles. The van der Waals surface area contributed by atoms with Crippen LogP contribution in [-0.4, -0.2) is 21.1 Å². The molecule has 0 atom stereocenters. The quantitative estimate of drug-likeness (QED) is 0.604. The number of thioether (sulfide) groups is 1. The summed E-state index contributed by atoms with van der Waals surface area (Å²) in [5, 5.41) is 1.11. The Bertz CT molecular complexity index is 835. The minimum absolute atomic E-state index is 0.299. The SMILES string of the molecule is O=C(NN1C(=O)C(=Cc2ccc(Br)cc2)SC1=S)c1ccccc1. The summed E-state index contributed by atoms with van der Waals surface area (Å²) in [6.45, 7) is 0. The normalized spacial score (nSPS) is 15.9. The third kappa shape index (κ3) is 3.75. The molecule has 7 heteroatoms. The van der Waals surface area contributed by atoms with E-state index in [9.17, 15) is 9.59 Å². The number of halogens is 1. The van der Waals surface area contributed by atoms with Crippen LogP contribution in [0.5, 0.6) is 0 Å². The van der Waals surface area contributed by atoms with Gasteiger partial charge in [-0.1, -0.05) is 58.0 Å². The van der Waals surface area contributed by atoms with Gasteiger partial charge in [-0.2, -0.15) is 5.01 Å². The van der Waals surface area contributed by atoms with E-state index in [1.807, 2.05) is 30.3 Å². The van der Waals surface area contributed by atoms with Crippen molar-refractivity contribution in [2.75, 3.05) is 0 Å². The lowest BCUT2D eigenvalue weighted by Crippen LogP contribution is -2.44. The Hall–Kier alpha value is -1.96. The van der Waals surface area contributed by atoms with Gasteiger partial charge in [-0.3, -0.25) is 15.0 Å². The van der Waals surface area contributed by atoms with Crippen molar-refractivity contribution in [3.63, 3.8) is 0 Å². The molecule has 1 aliphatic heterocycles. The van der Waals surface area contributed by atoms with Gasteiger partial charge in [-0.15, -0.1) is 0 Å². The monoisotopic (exact) mass is 418 g/mol. The van der Waals surface area contributed by atoms with Crippen molar-refractivity contribution in [1.82, 2.24) is 10.4 Å². The summed E-state index contributed by atoms with van der Waals surface area (Å²) in [5.74, 6) is -0.714. The van der Waals surface area contributed by atoms with Crippen molar-refractivity contribution in [2.24, 2.45) is 0 Å². The largest absolute Gasteiger partial charge is 0.285 e. The standard InChI is InChI=1S/C17H11BrN2O2S2/c18-13-8-6-11(7-9-13)10-14-16(22)20(17(23)24-14)19-15(21)12-4-2-1-3-5-12/h1-10H,(H,19,21). The molecule has 0 spiro atoms. The molecule has 0 bridgehead atoms. The smallest absolute Gasteiger partial charge is 0.267 e. The van der Waals surface area contributed by atoms with Crippen LogP contribution in [0.4, 0.5) is 0 Å². The first kappa shape index (κ1) is 16.9. The summed E-state index contributed by atoms with van der Waals surface area (Å²) in [6, 6.07) is 16.2. The molecular formula is C17H11BrN2O2S2. The first-order valence-corrected chi connectivity index (χ1v) is 8.96. The number of nitrogens with zero attached hydrogens (tertiary/aromatic N) is 1. The van der Waals surface area contributed by atoms with Crippen LogP contribution < -0.4 is 5.43 Å². The van der Waals surface area contributed by atoms with Gasteiger partial charge in [0.05, 0.1) is 4.91 Å². The molecule has 3 rings (SSSR count). The Labute approximate surface area is 157 Å². The predicted molar refractivity (Wildman–Crippen MR) is 103 cm³/mol. The van der Waals surface area contributed by atoms with E-state index in [4.69, 9.17) is 12.2 Å². The van der Waals surface area contributed by atoms with E-state index in [-0.39, 0.29) is 11.8 Å². The number of thiocarbonyl (C=S) groups is 1. The van der Waals surface area contributed by atoms with Gasteiger partial charge in [0.2, 0.25) is 0 Å². The number of benzene rings is 2. The zero-order valence-electron chi connectivity index (χ0n) is 12.2. The van der Waals surface area contributed by atoms with Gasteiger partial charge in [-0.25, -0.2) is 0 Å². The van der Waals surface area contributed by atoms with Gasteiger partial charge in [0.15, 0.2) is 4.32 Å². The highest BCUT2D eigenvalue weighted by molar-refractivity contribution is 9.10. The van der Waals surface area contributed by atoms with Gasteiger partial charge >= 0.3 is 0 Å². The molecule has 120 valence electrons. The maximum absolute atomic E-state index is 12.5. The summed E-state index contributed by atoms with van der Waals surface area (Å²) in [7, 11) is 0. The average molecular weight is 419 g/mol. The van der Waals surface area contributed by atoms with Crippen molar-refractivity contribution >= 4 is 62.1 Å². The second-order valence-electron chi connectivity index (χ2n) is 4.88. The third-order valence-corrected chi connectivity index (χ3v) is 5.04. The first-order valence-electron chi connectivity index (χ1n) is 6.94. The number of carbonyl (C=O) groups excluding carboxylic acids is 2. The van der Waals surface area contributed by atoms with E-state index < -0.39 is 0 Å². The third-order valence-electron chi connectivity index (χ3n) is 3.21. The molecule has 0 radical (unpaired) electrons. The van der Waals surface area contributed by atoms with Crippen molar-refractivity contribution in [2.45, 2.75) is 0 Å². The number of hydrogen-bond donors (Lipinski definition) is 1. The zero-order valence-corrected chi connectivity index (χ0v) is 15.5. The lowest BCUT2D eigenvalue weighted by molar-refractivity contribution is -0.123. The second kappa shape index (κ2) is 7.29. The van der Waals surface area contributed by atoms with Crippen LogP contribution in [0.3, 0.4) is 0 Å². The fraction of sp³-hybridized carbons (Fsp3) is 0. The lowest BCUT2D eigenvalue weighted by Gasteiger charge is -2.15. The summed E-state index contributed by atoms with van der Waals surface area (Å²) in [6.07, 6.45) is 1.75. The van der Waals surface area contributed by atoms with Crippen LogP contribution in [0.2, 0.25) is 0 Å². The fourth-order valence-corrected chi connectivity index (χ4v) is 3.47. The van der Waals surface area contributed by atoms with E-state index in [1.165, 1.54) is 0 Å². The molecule has 2 aromatic rings. The van der Waals surface area contributed by atoms with E-state index >= 15 is 0 Å². The minimum Gasteiger partial charge on any atom is -0.267 e. The van der Waals surface area contributed by atoms with Gasteiger partial charge in [0, 0.05) is 10.0 Å². The number of hydrogen-bond acceptors (Lipinski definition) is 4. The number of rotatable bonds is 3. The Kier molecular flexibility index (Phi) is 5.13. The Balaban J connectivity index is 1.77. The lowest BCUT2D eigenvalue weighted by atomic mass is 10.2. The molecule has 0 aliphatic carbocycles. The molecule has 4 nitrogen and oxygen atoms in total. The van der Waals surface area contributed by atoms with Gasteiger partial charge < -0.3 is 0 Å². The summed E-state index contributed by atoms with van der Waals surface area (Å²) >= 11 is 9.73. The highest BCUT2D eigenvalue weighted by Crippen LogP contribution is 2.31. The van der Waals surface area contributed by atoms with Gasteiger partial charge in [0.25, 0.3) is 11.8 Å². The number of carbonyl (C=O) groups is 2. The predicted octanol–water partition coefficient (Wildman–Crippen LogP) is 4.00. The fourth-order valence-electron chi connectivity index (χ4n) is 2.03. The Morgan fingerprint density at radius 2 is 1.79 bits per heavy atom. The molecule has 24 heavy (non-hydrogen) atoms. The van der Waals surface area contributed by atoms with E-state index in [1.54, 1.807) is 30.3 Å². The van der Waals surface area contributed by atoms with Crippen molar-refractivity contribution in [3.8, 4) is 0 Å². The molecule has 1 heterocycles. The molecule has 1 N–H and O–H groups in total. The van der Waals surface area contributed by atoms with Crippen LogP contribution in [0.25, 0.3) is 6.08 Å². The van der Waals surface area contributed by atoms with Crippen molar-refractivity contribution < 1.29 is 9.59 Å². The van der Waals surface area contributed by atoms with Crippen LogP contribution in [0, 0.1) is 0 Å². The molecule has 2 aromatic carbocycles. The van der Waals surface area contributed by atoms with Crippen LogP contribution in [0.15, 0.2) is 64.0 Å². The highest BCUT2D eigenvalue weighted by Gasteiger charge is 2.33. The van der Waals surface area contributed by atoms with Crippen LogP contribution in [0.1, 0.15) is 15.9 Å². The van der Waals surface area contributed by atoms with Crippen LogP contribution in [-0.2, 0) is 4.79 Å². The van der Waals surface area contributed by atoms with Gasteiger partial charge in [0.1, 0.15) is 0 Å². The maximum Gasteiger partial charge on any atom is 0.285 e. The minimum atomic E-state index is -0.378. The topological polar surface area (TPSA) is 49.4 Å². The van der Waals surface area contributed by atoms with E-state index in [0.29, 0.717) is 14.8 Å². The maximum atomic E-state index is 12.5. The zero-order chi connectivity index (χ0) is 17.1. The molecule has 1 aliphatic rings. The van der Waals surface area contributed by atoms with E-state index in [0.717, 1.165) is 26.8 Å². The van der Waals surface area contributed by atoms with Crippen molar-refractivity contribution in [3.05, 3.63) is 75.1 Å². The summed E-state index contributed by atoms with van der Waals surface area (Å²) in [4.78, 5) is 25.1. The van der Waals surface area contributed by atoms with E-state index in [2.05, 4.69) is 21.4 Å². The molecule has 1 fully saturated rings. The molecule has 2 amide bonds. The summed E-state index contributed by atoms with van der Waals surface area (Å²) in [5.41, 5.74) is 3.90. The molecular weight excluding hydrogens is 408 g/mol. The Morgan fingerprint density at radius 3 is 2.46 bits per heavy atom. The summed E-state index contributed by atoms with van der Waals surface area (Å²) < 4.78 is 1.26. The number of hydrazine groups is 1. The number of nitrogens with one attached hydrogen (secondary N) is 1. The van der Waals surface area contributed by atoms with Crippen molar-refractivity contribution in [1.29, 1.82) is 0 Å². The molecule has 0 saturated carbocycles. The van der Waals surface area contributed by atoms with Crippen LogP contribution >= 0.6 is 39.9 Å². The van der Waals surface area contributed by atoms with Gasteiger partial charge in [-0.05, 0) is 48.1 Å². The number of amides is 2.